The number of aliphatic hydroxyl groups is 1. The average molecular weight is 574 g/mol. The SMILES string of the molecule is CC[C@@]1(O)C(=O)OCc2c1cc1n(c2=O)Cc2c-1nc1ccc(Br)cc1c2CN1CCS(=O)(=O)CC1. The lowest BCUT2D eigenvalue weighted by atomic mass is 9.86. The van der Waals surface area contributed by atoms with Crippen LogP contribution in [0, 0.1) is 0 Å². The van der Waals surface area contributed by atoms with Gasteiger partial charge in [-0.3, -0.25) is 9.69 Å². The Morgan fingerprint density at radius 3 is 2.64 bits per heavy atom. The van der Waals surface area contributed by atoms with E-state index in [4.69, 9.17) is 9.72 Å². The Labute approximate surface area is 215 Å². The van der Waals surface area contributed by atoms with Crippen LogP contribution in [-0.2, 0) is 44.7 Å². The second-order valence-electron chi connectivity index (χ2n) is 9.61. The van der Waals surface area contributed by atoms with E-state index in [-0.39, 0.29) is 41.2 Å². The molecule has 0 spiro atoms. The molecule has 0 radical (unpaired) electrons. The van der Waals surface area contributed by atoms with Gasteiger partial charge in [-0.15, -0.1) is 0 Å². The van der Waals surface area contributed by atoms with Crippen molar-refractivity contribution in [1.82, 2.24) is 14.5 Å². The third-order valence-corrected chi connectivity index (χ3v) is 9.69. The maximum Gasteiger partial charge on any atom is 0.343 e. The number of hydrogen-bond donors (Lipinski definition) is 1. The molecule has 3 aromatic rings. The van der Waals surface area contributed by atoms with Gasteiger partial charge in [0.15, 0.2) is 15.4 Å². The lowest BCUT2D eigenvalue weighted by Gasteiger charge is -2.31. The van der Waals surface area contributed by atoms with Crippen molar-refractivity contribution in [3.8, 4) is 11.4 Å². The van der Waals surface area contributed by atoms with Crippen LogP contribution in [0.5, 0.6) is 0 Å². The smallest absolute Gasteiger partial charge is 0.343 e. The number of cyclic esters (lactones) is 1. The number of ether oxygens (including phenoxy) is 1. The van der Waals surface area contributed by atoms with E-state index in [9.17, 15) is 23.1 Å². The first kappa shape index (κ1) is 23.8. The first-order valence-corrected chi connectivity index (χ1v) is 14.4. The predicted octanol–water partition coefficient (Wildman–Crippen LogP) is 2.07. The lowest BCUT2D eigenvalue weighted by Crippen LogP contribution is -2.44. The highest BCUT2D eigenvalue weighted by Crippen LogP contribution is 2.40. The molecule has 0 saturated carbocycles. The fourth-order valence-corrected chi connectivity index (χ4v) is 7.08. The minimum atomic E-state index is -3.02. The van der Waals surface area contributed by atoms with Gasteiger partial charge in [0.1, 0.15) is 6.61 Å². The van der Waals surface area contributed by atoms with E-state index in [1.54, 1.807) is 17.6 Å². The number of benzene rings is 1. The molecular weight excluding hydrogens is 550 g/mol. The Kier molecular flexibility index (Phi) is 5.42. The molecule has 6 rings (SSSR count). The molecule has 1 saturated heterocycles. The number of hydrogen-bond acceptors (Lipinski definition) is 8. The third kappa shape index (κ3) is 3.55. The van der Waals surface area contributed by atoms with Crippen molar-refractivity contribution < 1.29 is 23.1 Å². The lowest BCUT2D eigenvalue weighted by molar-refractivity contribution is -0.172. The minimum Gasteiger partial charge on any atom is -0.458 e. The molecule has 9 nitrogen and oxygen atoms in total. The molecule has 188 valence electrons. The maximum atomic E-state index is 13.6. The summed E-state index contributed by atoms with van der Waals surface area (Å²) in [6, 6.07) is 7.52. The number of esters is 1. The number of pyridine rings is 2. The topological polar surface area (TPSA) is 119 Å². The molecule has 1 atom stereocenters. The van der Waals surface area contributed by atoms with Gasteiger partial charge in [0.05, 0.1) is 40.5 Å². The van der Waals surface area contributed by atoms with Gasteiger partial charge in [0, 0.05) is 40.6 Å². The van der Waals surface area contributed by atoms with Crippen molar-refractivity contribution in [3.63, 3.8) is 0 Å². The van der Waals surface area contributed by atoms with Crippen LogP contribution < -0.4 is 5.56 Å². The van der Waals surface area contributed by atoms with Crippen molar-refractivity contribution in [3.05, 3.63) is 61.3 Å². The zero-order chi connectivity index (χ0) is 25.4. The quantitative estimate of drug-likeness (QED) is 0.370. The number of carbonyl (C=O) groups excluding carboxylic acids is 1. The number of nitrogens with zero attached hydrogens (tertiary/aromatic N) is 3. The number of fused-ring (bicyclic) bond motifs is 5. The highest BCUT2D eigenvalue weighted by molar-refractivity contribution is 9.10. The van der Waals surface area contributed by atoms with Gasteiger partial charge in [-0.25, -0.2) is 18.2 Å². The second kappa shape index (κ2) is 8.20. The summed E-state index contributed by atoms with van der Waals surface area (Å²) in [5, 5.41) is 12.1. The number of aromatic nitrogens is 2. The number of carbonyl (C=O) groups is 1. The van der Waals surface area contributed by atoms with E-state index in [1.807, 2.05) is 18.2 Å². The normalized spacial score (nSPS) is 22.7. The number of halogens is 1. The van der Waals surface area contributed by atoms with Crippen molar-refractivity contribution in [2.75, 3.05) is 24.6 Å². The van der Waals surface area contributed by atoms with Gasteiger partial charge in [-0.2, -0.15) is 0 Å². The molecule has 0 unspecified atom stereocenters. The summed E-state index contributed by atoms with van der Waals surface area (Å²) in [6.45, 7) is 3.21. The highest BCUT2D eigenvalue weighted by Gasteiger charge is 2.45. The third-order valence-electron chi connectivity index (χ3n) is 7.59. The van der Waals surface area contributed by atoms with Gasteiger partial charge in [0.25, 0.3) is 5.56 Å². The Balaban J connectivity index is 1.54. The molecule has 0 bridgehead atoms. The first-order chi connectivity index (χ1) is 17.1. The summed E-state index contributed by atoms with van der Waals surface area (Å²) in [5.41, 5.74) is 2.21. The van der Waals surface area contributed by atoms with Crippen molar-refractivity contribution in [2.24, 2.45) is 0 Å². The second-order valence-corrected chi connectivity index (χ2v) is 12.8. The molecule has 1 aromatic carbocycles. The van der Waals surface area contributed by atoms with E-state index < -0.39 is 21.4 Å². The molecule has 36 heavy (non-hydrogen) atoms. The predicted molar refractivity (Wildman–Crippen MR) is 136 cm³/mol. The van der Waals surface area contributed by atoms with E-state index in [2.05, 4.69) is 20.8 Å². The van der Waals surface area contributed by atoms with Crippen LogP contribution in [0.2, 0.25) is 0 Å². The molecule has 3 aliphatic rings. The number of rotatable bonds is 3. The Morgan fingerprint density at radius 2 is 1.92 bits per heavy atom. The Bertz CT molecular complexity index is 1620. The fraction of sp³-hybridized carbons (Fsp3) is 0.400. The van der Waals surface area contributed by atoms with Crippen LogP contribution in [-0.4, -0.2) is 58.5 Å². The maximum absolute atomic E-state index is 13.6. The standard InChI is InChI=1S/C25H24BrN3O6S/c1-2-25(32)19-10-21-22-17(12-29(21)23(30)18(19)13-35-24(25)31)16(11-28-5-7-36(33,34)8-6-28)15-9-14(26)3-4-20(15)27-22/h3-4,9-10,32H,2,5-8,11-13H2,1H3/t25-/m0/s1. The highest BCUT2D eigenvalue weighted by atomic mass is 79.9. The summed E-state index contributed by atoms with van der Waals surface area (Å²) in [5.74, 6) is -0.507. The van der Waals surface area contributed by atoms with Crippen molar-refractivity contribution >= 4 is 42.6 Å². The molecule has 1 N–H and O–H groups in total. The zero-order valence-corrected chi connectivity index (χ0v) is 22.0. The number of sulfone groups is 1. The summed E-state index contributed by atoms with van der Waals surface area (Å²) >= 11 is 3.55. The minimum absolute atomic E-state index is 0.0802. The summed E-state index contributed by atoms with van der Waals surface area (Å²) in [4.78, 5) is 33.0. The molecule has 1 fully saturated rings. The van der Waals surface area contributed by atoms with Gasteiger partial charge >= 0.3 is 5.97 Å². The molecule has 0 amide bonds. The summed E-state index contributed by atoms with van der Waals surface area (Å²) in [6.07, 6.45) is 0.0802. The van der Waals surface area contributed by atoms with Gasteiger partial charge in [0.2, 0.25) is 0 Å². The molecule has 2 aromatic heterocycles. The van der Waals surface area contributed by atoms with Gasteiger partial charge < -0.3 is 14.4 Å². The van der Waals surface area contributed by atoms with Crippen LogP contribution in [0.25, 0.3) is 22.3 Å². The van der Waals surface area contributed by atoms with E-state index >= 15 is 0 Å². The van der Waals surface area contributed by atoms with Gasteiger partial charge in [-0.1, -0.05) is 22.9 Å². The van der Waals surface area contributed by atoms with E-state index in [1.165, 1.54) is 0 Å². The summed E-state index contributed by atoms with van der Waals surface area (Å²) < 4.78 is 31.6. The molecule has 3 aliphatic heterocycles. The fourth-order valence-electron chi connectivity index (χ4n) is 5.45. The van der Waals surface area contributed by atoms with Crippen LogP contribution in [0.15, 0.2) is 33.5 Å². The van der Waals surface area contributed by atoms with Crippen LogP contribution in [0.4, 0.5) is 0 Å². The van der Waals surface area contributed by atoms with Gasteiger partial charge in [-0.05, 0) is 36.2 Å². The average Bonchev–Trinajstić information content (AvgIpc) is 3.22. The molecular formula is C25H24BrN3O6S. The first-order valence-electron chi connectivity index (χ1n) is 11.8. The van der Waals surface area contributed by atoms with Crippen LogP contribution in [0.1, 0.15) is 35.6 Å². The molecule has 0 aliphatic carbocycles. The summed E-state index contributed by atoms with van der Waals surface area (Å²) in [7, 11) is -3.02. The van der Waals surface area contributed by atoms with Crippen molar-refractivity contribution in [2.45, 2.75) is 38.6 Å². The zero-order valence-electron chi connectivity index (χ0n) is 19.6. The molecule has 5 heterocycles. The van der Waals surface area contributed by atoms with E-state index in [0.29, 0.717) is 37.6 Å². The molecule has 11 heteroatoms. The largest absolute Gasteiger partial charge is 0.458 e. The Morgan fingerprint density at radius 1 is 1.17 bits per heavy atom. The monoisotopic (exact) mass is 573 g/mol. The van der Waals surface area contributed by atoms with Crippen LogP contribution in [0.3, 0.4) is 0 Å². The Hall–Kier alpha value is -2.60. The van der Waals surface area contributed by atoms with Crippen molar-refractivity contribution in [1.29, 1.82) is 0 Å². The van der Waals surface area contributed by atoms with E-state index in [0.717, 1.165) is 26.5 Å². The van der Waals surface area contributed by atoms with Crippen LogP contribution >= 0.6 is 15.9 Å².